The molecule has 0 saturated carbocycles. The van der Waals surface area contributed by atoms with E-state index in [1.165, 1.54) is 14.2 Å². The fourth-order valence-electron chi connectivity index (χ4n) is 2.67. The second-order valence-electron chi connectivity index (χ2n) is 5.17. The molecule has 1 fully saturated rings. The minimum absolute atomic E-state index is 0.0767. The maximum atomic E-state index is 12.7. The molecule has 6 heteroatoms. The fraction of sp³-hybridized carbons (Fsp3) is 0.467. The molecular formula is C15H19NO5. The maximum absolute atomic E-state index is 12.7. The van der Waals surface area contributed by atoms with E-state index in [9.17, 15) is 9.59 Å². The summed E-state index contributed by atoms with van der Waals surface area (Å²) in [6.07, 6.45) is 0. The van der Waals surface area contributed by atoms with Crippen molar-refractivity contribution in [1.29, 1.82) is 0 Å². The number of carbonyl (C=O) groups excluding carboxylic acids is 1. The van der Waals surface area contributed by atoms with Crippen LogP contribution in [0, 0.1) is 11.8 Å². The molecule has 0 radical (unpaired) electrons. The van der Waals surface area contributed by atoms with Crippen molar-refractivity contribution in [2.24, 2.45) is 11.8 Å². The van der Waals surface area contributed by atoms with Crippen LogP contribution < -0.4 is 9.47 Å². The van der Waals surface area contributed by atoms with Gasteiger partial charge in [0.2, 0.25) is 0 Å². The molecule has 2 rings (SSSR count). The molecule has 21 heavy (non-hydrogen) atoms. The van der Waals surface area contributed by atoms with Gasteiger partial charge in [0, 0.05) is 13.1 Å². The first kappa shape index (κ1) is 15.2. The number of ether oxygens (including phenoxy) is 2. The van der Waals surface area contributed by atoms with Crippen molar-refractivity contribution in [1.82, 2.24) is 4.90 Å². The van der Waals surface area contributed by atoms with Crippen LogP contribution in [0.1, 0.15) is 17.3 Å². The van der Waals surface area contributed by atoms with Crippen LogP contribution in [0.5, 0.6) is 11.5 Å². The molecule has 114 valence electrons. The van der Waals surface area contributed by atoms with Gasteiger partial charge in [0.1, 0.15) is 17.1 Å². The molecule has 2 atom stereocenters. The number of hydrogen-bond donors (Lipinski definition) is 1. The van der Waals surface area contributed by atoms with E-state index in [0.717, 1.165) is 0 Å². The molecule has 1 N–H and O–H groups in total. The predicted molar refractivity (Wildman–Crippen MR) is 75.7 cm³/mol. The molecule has 1 saturated heterocycles. The number of hydrogen-bond acceptors (Lipinski definition) is 4. The van der Waals surface area contributed by atoms with Gasteiger partial charge in [-0.2, -0.15) is 0 Å². The van der Waals surface area contributed by atoms with E-state index in [2.05, 4.69) is 0 Å². The van der Waals surface area contributed by atoms with Crippen LogP contribution in [0.15, 0.2) is 18.2 Å². The van der Waals surface area contributed by atoms with E-state index >= 15 is 0 Å². The van der Waals surface area contributed by atoms with Crippen LogP contribution in [0.4, 0.5) is 0 Å². The highest BCUT2D eigenvalue weighted by Gasteiger charge is 2.38. The van der Waals surface area contributed by atoms with Gasteiger partial charge in [-0.3, -0.25) is 9.59 Å². The van der Waals surface area contributed by atoms with Gasteiger partial charge < -0.3 is 19.5 Å². The van der Waals surface area contributed by atoms with Gasteiger partial charge in [-0.25, -0.2) is 0 Å². The third kappa shape index (κ3) is 2.79. The van der Waals surface area contributed by atoms with Crippen LogP contribution in [-0.2, 0) is 4.79 Å². The summed E-state index contributed by atoms with van der Waals surface area (Å²) >= 11 is 0. The monoisotopic (exact) mass is 293 g/mol. The lowest BCUT2D eigenvalue weighted by atomic mass is 9.99. The molecule has 6 nitrogen and oxygen atoms in total. The number of carboxylic acid groups (broad SMARTS) is 1. The SMILES string of the molecule is COc1cccc(OC)c1C(=O)N1CC(C)C(C(=O)O)C1. The third-order valence-electron chi connectivity index (χ3n) is 3.86. The zero-order valence-corrected chi connectivity index (χ0v) is 12.3. The van der Waals surface area contributed by atoms with Crippen LogP contribution in [0.3, 0.4) is 0 Å². The van der Waals surface area contributed by atoms with Crippen molar-refractivity contribution in [2.45, 2.75) is 6.92 Å². The van der Waals surface area contributed by atoms with Crippen LogP contribution in [-0.4, -0.2) is 49.2 Å². The number of methoxy groups -OCH3 is 2. The Morgan fingerprint density at radius 2 is 1.76 bits per heavy atom. The molecular weight excluding hydrogens is 274 g/mol. The van der Waals surface area contributed by atoms with Crippen LogP contribution in [0.2, 0.25) is 0 Å². The molecule has 1 aromatic rings. The summed E-state index contributed by atoms with van der Waals surface area (Å²) in [6, 6.07) is 5.11. The van der Waals surface area contributed by atoms with Gasteiger partial charge in [0.15, 0.2) is 0 Å². The zero-order valence-electron chi connectivity index (χ0n) is 12.3. The summed E-state index contributed by atoms with van der Waals surface area (Å²) in [6.45, 7) is 2.46. The summed E-state index contributed by atoms with van der Waals surface area (Å²) < 4.78 is 10.5. The summed E-state index contributed by atoms with van der Waals surface area (Å²) in [7, 11) is 2.97. The fourth-order valence-corrected chi connectivity index (χ4v) is 2.67. The van der Waals surface area contributed by atoms with Crippen molar-refractivity contribution < 1.29 is 24.2 Å². The minimum atomic E-state index is -0.871. The van der Waals surface area contributed by atoms with E-state index in [-0.39, 0.29) is 18.4 Å². The Morgan fingerprint density at radius 1 is 1.19 bits per heavy atom. The Kier molecular flexibility index (Phi) is 4.35. The highest BCUT2D eigenvalue weighted by Crippen LogP contribution is 2.32. The molecule has 0 spiro atoms. The number of amides is 1. The Morgan fingerprint density at radius 3 is 2.19 bits per heavy atom. The van der Waals surface area contributed by atoms with Crippen LogP contribution in [0.25, 0.3) is 0 Å². The first-order chi connectivity index (χ1) is 9.99. The molecule has 0 aromatic heterocycles. The number of aliphatic carboxylic acids is 1. The van der Waals surface area contributed by atoms with Crippen molar-refractivity contribution in [3.8, 4) is 11.5 Å². The minimum Gasteiger partial charge on any atom is -0.496 e. The van der Waals surface area contributed by atoms with Crippen molar-refractivity contribution in [3.63, 3.8) is 0 Å². The summed E-state index contributed by atoms with van der Waals surface area (Å²) in [5, 5.41) is 9.17. The highest BCUT2D eigenvalue weighted by molar-refractivity contribution is 6.00. The lowest BCUT2D eigenvalue weighted by Gasteiger charge is -2.19. The Labute approximate surface area is 123 Å². The molecule has 0 bridgehead atoms. The molecule has 2 unspecified atom stereocenters. The van der Waals surface area contributed by atoms with Crippen LogP contribution >= 0.6 is 0 Å². The van der Waals surface area contributed by atoms with E-state index in [0.29, 0.717) is 23.6 Å². The van der Waals surface area contributed by atoms with E-state index in [1.54, 1.807) is 23.1 Å². The Hall–Kier alpha value is -2.24. The Bertz CT molecular complexity index is 535. The Balaban J connectivity index is 2.31. The van der Waals surface area contributed by atoms with E-state index in [4.69, 9.17) is 14.6 Å². The number of likely N-dealkylation sites (tertiary alicyclic amines) is 1. The largest absolute Gasteiger partial charge is 0.496 e. The van der Waals surface area contributed by atoms with Gasteiger partial charge in [-0.15, -0.1) is 0 Å². The zero-order chi connectivity index (χ0) is 15.6. The first-order valence-corrected chi connectivity index (χ1v) is 6.72. The first-order valence-electron chi connectivity index (χ1n) is 6.72. The second kappa shape index (κ2) is 6.03. The number of benzene rings is 1. The normalized spacial score (nSPS) is 21.2. The van der Waals surface area contributed by atoms with Gasteiger partial charge >= 0.3 is 5.97 Å². The lowest BCUT2D eigenvalue weighted by Crippen LogP contribution is -2.30. The lowest BCUT2D eigenvalue weighted by molar-refractivity contribution is -0.142. The van der Waals surface area contributed by atoms with E-state index < -0.39 is 11.9 Å². The third-order valence-corrected chi connectivity index (χ3v) is 3.86. The molecule has 1 aliphatic heterocycles. The highest BCUT2D eigenvalue weighted by atomic mass is 16.5. The number of nitrogens with zero attached hydrogens (tertiary/aromatic N) is 1. The van der Waals surface area contributed by atoms with Gasteiger partial charge in [-0.05, 0) is 18.1 Å². The van der Waals surface area contributed by atoms with Crippen molar-refractivity contribution in [3.05, 3.63) is 23.8 Å². The molecule has 1 aliphatic rings. The summed E-state index contributed by atoms with van der Waals surface area (Å²) in [5.74, 6) is -0.900. The van der Waals surface area contributed by atoms with Crippen molar-refractivity contribution >= 4 is 11.9 Å². The number of carboxylic acids is 1. The number of carbonyl (C=O) groups is 2. The molecule has 1 amide bonds. The van der Waals surface area contributed by atoms with Gasteiger partial charge in [0.25, 0.3) is 5.91 Å². The average molecular weight is 293 g/mol. The summed E-state index contributed by atoms with van der Waals surface area (Å²) in [4.78, 5) is 25.4. The summed E-state index contributed by atoms with van der Waals surface area (Å²) in [5.41, 5.74) is 0.334. The smallest absolute Gasteiger partial charge is 0.308 e. The standard InChI is InChI=1S/C15H19NO5/c1-9-7-16(8-10(9)15(18)19)14(17)13-11(20-2)5-4-6-12(13)21-3/h4-6,9-10H,7-8H2,1-3H3,(H,18,19). The van der Waals surface area contributed by atoms with Gasteiger partial charge in [-0.1, -0.05) is 13.0 Å². The van der Waals surface area contributed by atoms with Gasteiger partial charge in [0.05, 0.1) is 20.1 Å². The van der Waals surface area contributed by atoms with Crippen molar-refractivity contribution in [2.75, 3.05) is 27.3 Å². The number of rotatable bonds is 4. The quantitative estimate of drug-likeness (QED) is 0.910. The average Bonchev–Trinajstić information content (AvgIpc) is 2.87. The second-order valence-corrected chi connectivity index (χ2v) is 5.17. The molecule has 1 heterocycles. The predicted octanol–water partition coefficient (Wildman–Crippen LogP) is 1.50. The topological polar surface area (TPSA) is 76.1 Å². The molecule has 0 aliphatic carbocycles. The maximum Gasteiger partial charge on any atom is 0.308 e. The molecule has 1 aromatic carbocycles. The van der Waals surface area contributed by atoms with E-state index in [1.807, 2.05) is 6.92 Å².